The predicted octanol–water partition coefficient (Wildman–Crippen LogP) is 4.77. The average molecular weight is 315 g/mol. The molecular formula is C19H13N3S. The molecule has 0 spiro atoms. The van der Waals surface area contributed by atoms with Gasteiger partial charge in [0.05, 0.1) is 29.2 Å². The summed E-state index contributed by atoms with van der Waals surface area (Å²) in [5.74, 6) is 0. The predicted molar refractivity (Wildman–Crippen MR) is 94.9 cm³/mol. The molecule has 4 rings (SSSR count). The van der Waals surface area contributed by atoms with Crippen molar-refractivity contribution in [1.29, 1.82) is 5.26 Å². The molecule has 3 aromatic carbocycles. The summed E-state index contributed by atoms with van der Waals surface area (Å²) in [6.07, 6.45) is 0. The maximum Gasteiger partial charge on any atom is 0.178 e. The van der Waals surface area contributed by atoms with Crippen LogP contribution in [0.4, 0.5) is 0 Å². The van der Waals surface area contributed by atoms with E-state index in [2.05, 4.69) is 52.0 Å². The number of hydrogen-bond donors (Lipinski definition) is 1. The Morgan fingerprint density at radius 3 is 2.74 bits per heavy atom. The zero-order valence-electron chi connectivity index (χ0n) is 12.3. The molecule has 23 heavy (non-hydrogen) atoms. The van der Waals surface area contributed by atoms with Gasteiger partial charge in [-0.2, -0.15) is 5.26 Å². The largest absolute Gasteiger partial charge is 0.331 e. The van der Waals surface area contributed by atoms with E-state index in [0.29, 0.717) is 16.9 Å². The quantitative estimate of drug-likeness (QED) is 0.541. The lowest BCUT2D eigenvalue weighted by atomic mass is 10.0. The van der Waals surface area contributed by atoms with Crippen molar-refractivity contribution >= 4 is 34.0 Å². The van der Waals surface area contributed by atoms with E-state index in [4.69, 9.17) is 17.5 Å². The second kappa shape index (κ2) is 5.38. The molecule has 0 aliphatic heterocycles. The topological polar surface area (TPSA) is 44.5 Å². The first kappa shape index (κ1) is 13.7. The van der Waals surface area contributed by atoms with Crippen LogP contribution in [0.25, 0.3) is 21.8 Å². The van der Waals surface area contributed by atoms with Gasteiger partial charge >= 0.3 is 0 Å². The van der Waals surface area contributed by atoms with Gasteiger partial charge in [0.15, 0.2) is 4.77 Å². The molecule has 0 aliphatic carbocycles. The van der Waals surface area contributed by atoms with Gasteiger partial charge in [-0.15, -0.1) is 0 Å². The molecule has 0 atom stereocenters. The van der Waals surface area contributed by atoms with E-state index in [-0.39, 0.29) is 0 Å². The van der Waals surface area contributed by atoms with E-state index in [1.807, 2.05) is 24.3 Å². The Kier molecular flexibility index (Phi) is 3.22. The number of nitrogens with zero attached hydrogens (tertiary/aromatic N) is 2. The molecule has 0 radical (unpaired) electrons. The van der Waals surface area contributed by atoms with Crippen LogP contribution in [0.5, 0.6) is 0 Å². The Morgan fingerprint density at radius 2 is 1.87 bits per heavy atom. The normalized spacial score (nSPS) is 10.9. The highest BCUT2D eigenvalue weighted by Gasteiger charge is 2.08. The smallest absolute Gasteiger partial charge is 0.178 e. The monoisotopic (exact) mass is 315 g/mol. The van der Waals surface area contributed by atoms with E-state index in [9.17, 15) is 0 Å². The molecule has 3 nitrogen and oxygen atoms in total. The average Bonchev–Trinajstić information content (AvgIpc) is 2.90. The molecule has 0 bridgehead atoms. The summed E-state index contributed by atoms with van der Waals surface area (Å²) >= 11 is 5.48. The van der Waals surface area contributed by atoms with E-state index in [0.717, 1.165) is 11.0 Å². The fraction of sp³-hybridized carbons (Fsp3) is 0.0526. The number of aromatic amines is 1. The van der Waals surface area contributed by atoms with Crippen LogP contribution >= 0.6 is 12.2 Å². The minimum atomic E-state index is 0.631. The van der Waals surface area contributed by atoms with Crippen molar-refractivity contribution in [3.05, 3.63) is 76.6 Å². The molecule has 0 unspecified atom stereocenters. The summed E-state index contributed by atoms with van der Waals surface area (Å²) in [7, 11) is 0. The second-order valence-electron chi connectivity index (χ2n) is 5.50. The maximum absolute atomic E-state index is 9.03. The van der Waals surface area contributed by atoms with Crippen LogP contribution in [0, 0.1) is 16.1 Å². The number of aromatic nitrogens is 2. The number of imidazole rings is 1. The molecule has 0 amide bonds. The van der Waals surface area contributed by atoms with Crippen LogP contribution in [-0.2, 0) is 6.54 Å². The first-order chi connectivity index (χ1) is 11.3. The molecule has 4 heteroatoms. The van der Waals surface area contributed by atoms with Crippen molar-refractivity contribution in [1.82, 2.24) is 9.55 Å². The third kappa shape index (κ3) is 2.32. The first-order valence-corrected chi connectivity index (χ1v) is 7.76. The van der Waals surface area contributed by atoms with Crippen molar-refractivity contribution in [2.24, 2.45) is 0 Å². The van der Waals surface area contributed by atoms with Gasteiger partial charge in [-0.1, -0.05) is 42.5 Å². The number of benzene rings is 3. The fourth-order valence-electron chi connectivity index (χ4n) is 2.99. The zero-order chi connectivity index (χ0) is 15.8. The first-order valence-electron chi connectivity index (χ1n) is 7.35. The molecule has 0 saturated carbocycles. The van der Waals surface area contributed by atoms with Crippen LogP contribution < -0.4 is 0 Å². The molecule has 0 aliphatic rings. The number of hydrogen-bond acceptors (Lipinski definition) is 2. The fourth-order valence-corrected chi connectivity index (χ4v) is 3.26. The minimum absolute atomic E-state index is 0.631. The molecule has 0 fully saturated rings. The van der Waals surface area contributed by atoms with Crippen molar-refractivity contribution in [2.75, 3.05) is 0 Å². The molecule has 1 heterocycles. The Bertz CT molecular complexity index is 1120. The van der Waals surface area contributed by atoms with Gasteiger partial charge in [-0.25, -0.2) is 0 Å². The Morgan fingerprint density at radius 1 is 1.04 bits per heavy atom. The summed E-state index contributed by atoms with van der Waals surface area (Å²) in [6, 6.07) is 22.4. The SMILES string of the molecule is N#Cc1ccc2c(c1)[nH]c(=S)n2Cc1cccc2ccccc12. The van der Waals surface area contributed by atoms with Crippen molar-refractivity contribution in [2.45, 2.75) is 6.54 Å². The molecular weight excluding hydrogens is 302 g/mol. The van der Waals surface area contributed by atoms with Crippen molar-refractivity contribution in [3.8, 4) is 6.07 Å². The van der Waals surface area contributed by atoms with Gasteiger partial charge in [-0.3, -0.25) is 0 Å². The highest BCUT2D eigenvalue weighted by Crippen LogP contribution is 2.22. The number of H-pyrrole nitrogens is 1. The number of nitriles is 1. The van der Waals surface area contributed by atoms with Gasteiger partial charge in [0.2, 0.25) is 0 Å². The number of nitrogens with one attached hydrogen (secondary N) is 1. The van der Waals surface area contributed by atoms with Gasteiger partial charge in [-0.05, 0) is 46.8 Å². The number of fused-ring (bicyclic) bond motifs is 2. The Hall–Kier alpha value is -2.90. The Balaban J connectivity index is 1.88. The van der Waals surface area contributed by atoms with Crippen LogP contribution in [0.15, 0.2) is 60.7 Å². The summed E-state index contributed by atoms with van der Waals surface area (Å²) in [4.78, 5) is 3.20. The standard InChI is InChI=1S/C19H13N3S/c20-11-13-8-9-18-17(10-13)21-19(23)22(18)12-15-6-3-5-14-4-1-2-7-16(14)15/h1-10H,12H2,(H,21,23). The third-order valence-corrected chi connectivity index (χ3v) is 4.43. The van der Waals surface area contributed by atoms with Gasteiger partial charge in [0, 0.05) is 0 Å². The van der Waals surface area contributed by atoms with Crippen LogP contribution in [0.3, 0.4) is 0 Å². The van der Waals surface area contributed by atoms with Crippen LogP contribution in [0.1, 0.15) is 11.1 Å². The molecule has 0 saturated heterocycles. The molecule has 110 valence electrons. The zero-order valence-corrected chi connectivity index (χ0v) is 13.1. The van der Waals surface area contributed by atoms with E-state index >= 15 is 0 Å². The summed E-state index contributed by atoms with van der Waals surface area (Å²) < 4.78 is 2.75. The lowest BCUT2D eigenvalue weighted by Gasteiger charge is -2.08. The van der Waals surface area contributed by atoms with Crippen molar-refractivity contribution < 1.29 is 0 Å². The Labute approximate surface area is 138 Å². The third-order valence-electron chi connectivity index (χ3n) is 4.11. The lowest BCUT2D eigenvalue weighted by Crippen LogP contribution is -2.00. The van der Waals surface area contributed by atoms with Crippen molar-refractivity contribution in [3.63, 3.8) is 0 Å². The van der Waals surface area contributed by atoms with E-state index in [1.54, 1.807) is 0 Å². The van der Waals surface area contributed by atoms with Gasteiger partial charge in [0.25, 0.3) is 0 Å². The summed E-state index contributed by atoms with van der Waals surface area (Å²) in [6.45, 7) is 0.700. The van der Waals surface area contributed by atoms with Crippen LogP contribution in [-0.4, -0.2) is 9.55 Å². The molecule has 1 aromatic heterocycles. The summed E-state index contributed by atoms with van der Waals surface area (Å²) in [5.41, 5.74) is 3.77. The molecule has 1 N–H and O–H groups in total. The van der Waals surface area contributed by atoms with Crippen LogP contribution in [0.2, 0.25) is 0 Å². The molecule has 4 aromatic rings. The second-order valence-corrected chi connectivity index (χ2v) is 5.88. The lowest BCUT2D eigenvalue weighted by molar-refractivity contribution is 0.816. The van der Waals surface area contributed by atoms with E-state index in [1.165, 1.54) is 16.3 Å². The minimum Gasteiger partial charge on any atom is -0.331 e. The van der Waals surface area contributed by atoms with Gasteiger partial charge < -0.3 is 9.55 Å². The highest BCUT2D eigenvalue weighted by atomic mass is 32.1. The van der Waals surface area contributed by atoms with E-state index < -0.39 is 0 Å². The summed E-state index contributed by atoms with van der Waals surface area (Å²) in [5, 5.41) is 11.5. The number of rotatable bonds is 2. The maximum atomic E-state index is 9.03. The van der Waals surface area contributed by atoms with Gasteiger partial charge in [0.1, 0.15) is 0 Å². The highest BCUT2D eigenvalue weighted by molar-refractivity contribution is 7.71.